The number of amides is 1. The second-order valence-electron chi connectivity index (χ2n) is 12.6. The molecule has 0 N–H and O–H groups in total. The molecule has 1 fully saturated rings. The molecule has 0 saturated carbocycles. The van der Waals surface area contributed by atoms with Crippen LogP contribution in [0.25, 0.3) is 0 Å². The number of thioether (sulfide) groups is 1. The second-order valence-corrected chi connectivity index (χ2v) is 14.1. The number of likely N-dealkylation sites (N-methyl/N-ethyl adjacent to an activating group) is 1. The number of anilines is 1. The lowest BCUT2D eigenvalue weighted by Crippen LogP contribution is -2.48. The molecule has 0 spiro atoms. The monoisotopic (exact) mass is 658 g/mol. The van der Waals surface area contributed by atoms with Crippen molar-refractivity contribution < 1.29 is 23.8 Å². The standard InChI is InChI=1S/C36H58N4O5S/c1-6-7-8-9-10-11-12-13-14-15-16-19-26-43-36(42)45-28-44-35(41)40-31(4)46-30(3)27-29(2)34(39-24-22-38(5)23-25-39)37-32-20-17-18-21-33(32)40/h17-18,20-21,27,29,31H,6-16,19,22-26,28H2,1-5H3/b30-27-,37-34+. The highest BCUT2D eigenvalue weighted by Gasteiger charge is 2.29. The Labute approximate surface area is 282 Å². The summed E-state index contributed by atoms with van der Waals surface area (Å²) in [5.74, 6) is 1.10. The van der Waals surface area contributed by atoms with Gasteiger partial charge in [0.05, 0.1) is 23.4 Å². The number of ether oxygens (including phenoxy) is 3. The molecule has 1 saturated heterocycles. The number of piperazine rings is 1. The van der Waals surface area contributed by atoms with Gasteiger partial charge in [-0.25, -0.2) is 14.6 Å². The minimum atomic E-state index is -0.825. The Morgan fingerprint density at radius 3 is 2.11 bits per heavy atom. The first-order valence-corrected chi connectivity index (χ1v) is 18.4. The molecule has 0 aliphatic carbocycles. The zero-order chi connectivity index (χ0) is 33.1. The van der Waals surface area contributed by atoms with Gasteiger partial charge in [-0.15, -0.1) is 11.8 Å². The minimum absolute atomic E-state index is 0.115. The van der Waals surface area contributed by atoms with E-state index in [4.69, 9.17) is 19.2 Å². The van der Waals surface area contributed by atoms with Crippen LogP contribution in [0.1, 0.15) is 105 Å². The molecule has 0 aromatic heterocycles. The van der Waals surface area contributed by atoms with E-state index in [9.17, 15) is 9.59 Å². The molecule has 258 valence electrons. The Balaban J connectivity index is 1.46. The first-order valence-electron chi connectivity index (χ1n) is 17.5. The van der Waals surface area contributed by atoms with Gasteiger partial charge in [-0.2, -0.15) is 0 Å². The summed E-state index contributed by atoms with van der Waals surface area (Å²) in [6, 6.07) is 7.63. The van der Waals surface area contributed by atoms with Crippen LogP contribution >= 0.6 is 11.8 Å². The maximum absolute atomic E-state index is 13.5. The van der Waals surface area contributed by atoms with Gasteiger partial charge in [0, 0.05) is 32.1 Å². The van der Waals surface area contributed by atoms with E-state index in [1.165, 1.54) is 57.8 Å². The lowest BCUT2D eigenvalue weighted by Gasteiger charge is -2.37. The van der Waals surface area contributed by atoms with Gasteiger partial charge in [0.25, 0.3) is 0 Å². The lowest BCUT2D eigenvalue weighted by molar-refractivity contribution is -0.0133. The second kappa shape index (κ2) is 21.2. The number of para-hydroxylation sites is 2. The summed E-state index contributed by atoms with van der Waals surface area (Å²) in [5, 5.41) is -0.282. The number of hydrogen-bond donors (Lipinski definition) is 0. The molecular weight excluding hydrogens is 600 g/mol. The molecule has 0 bridgehead atoms. The van der Waals surface area contributed by atoms with Crippen molar-refractivity contribution in [3.63, 3.8) is 0 Å². The van der Waals surface area contributed by atoms with Crippen LogP contribution in [0.2, 0.25) is 0 Å². The van der Waals surface area contributed by atoms with Crippen molar-refractivity contribution in [2.45, 2.75) is 110 Å². The third-order valence-electron chi connectivity index (χ3n) is 8.59. The number of fused-ring (bicyclic) bond motifs is 1. The van der Waals surface area contributed by atoms with Crippen LogP contribution in [0, 0.1) is 5.92 Å². The largest absolute Gasteiger partial charge is 0.511 e. The molecule has 9 nitrogen and oxygen atoms in total. The number of allylic oxidation sites excluding steroid dienone is 1. The van der Waals surface area contributed by atoms with Crippen molar-refractivity contribution in [3.8, 4) is 0 Å². The highest BCUT2D eigenvalue weighted by molar-refractivity contribution is 8.03. The van der Waals surface area contributed by atoms with Gasteiger partial charge in [-0.1, -0.05) is 103 Å². The van der Waals surface area contributed by atoms with Gasteiger partial charge in [-0.3, -0.25) is 4.90 Å². The maximum atomic E-state index is 13.5. The number of benzene rings is 1. The zero-order valence-electron chi connectivity index (χ0n) is 29.0. The number of carbonyl (C=O) groups is 2. The van der Waals surface area contributed by atoms with Crippen molar-refractivity contribution in [3.05, 3.63) is 35.2 Å². The number of hydrogen-bond acceptors (Lipinski definition) is 9. The number of unbranched alkanes of at least 4 members (excludes halogenated alkanes) is 11. The number of amidine groups is 1. The third-order valence-corrected chi connectivity index (χ3v) is 9.65. The Hall–Kier alpha value is -2.72. The Kier molecular flexibility index (Phi) is 17.4. The zero-order valence-corrected chi connectivity index (χ0v) is 29.8. The predicted octanol–water partition coefficient (Wildman–Crippen LogP) is 9.35. The molecule has 1 amide bonds. The molecular formula is C36H58N4O5S. The van der Waals surface area contributed by atoms with E-state index in [1.54, 1.807) is 16.7 Å². The van der Waals surface area contributed by atoms with Gasteiger partial charge < -0.3 is 24.0 Å². The highest BCUT2D eigenvalue weighted by atomic mass is 32.2. The van der Waals surface area contributed by atoms with Crippen molar-refractivity contribution in [1.29, 1.82) is 0 Å². The number of aliphatic imine (C=N–C) groups is 1. The third kappa shape index (κ3) is 13.2. The van der Waals surface area contributed by atoms with E-state index in [2.05, 4.69) is 43.7 Å². The quantitative estimate of drug-likeness (QED) is 0.105. The molecule has 2 unspecified atom stereocenters. The van der Waals surface area contributed by atoms with Crippen LogP contribution in [0.15, 0.2) is 40.2 Å². The molecule has 2 aliphatic rings. The normalized spacial score (nSPS) is 21.4. The molecule has 2 heterocycles. The fourth-order valence-electron chi connectivity index (χ4n) is 5.95. The highest BCUT2D eigenvalue weighted by Crippen LogP contribution is 2.37. The summed E-state index contributed by atoms with van der Waals surface area (Å²) in [6.07, 6.45) is 15.7. The fourth-order valence-corrected chi connectivity index (χ4v) is 7.08. The number of nitrogens with zero attached hydrogens (tertiary/aromatic N) is 4. The first-order chi connectivity index (χ1) is 22.3. The van der Waals surface area contributed by atoms with E-state index >= 15 is 0 Å². The summed E-state index contributed by atoms with van der Waals surface area (Å²) in [7, 11) is 2.14. The van der Waals surface area contributed by atoms with E-state index < -0.39 is 19.0 Å². The van der Waals surface area contributed by atoms with E-state index in [-0.39, 0.29) is 11.3 Å². The smallest absolute Gasteiger partial charge is 0.434 e. The van der Waals surface area contributed by atoms with Crippen LogP contribution in [0.3, 0.4) is 0 Å². The van der Waals surface area contributed by atoms with Gasteiger partial charge in [0.1, 0.15) is 5.84 Å². The Morgan fingerprint density at radius 1 is 0.848 bits per heavy atom. The summed E-state index contributed by atoms with van der Waals surface area (Å²) < 4.78 is 15.7. The molecule has 1 aromatic rings. The first kappa shape index (κ1) is 37.7. The molecule has 1 aromatic carbocycles. The summed E-state index contributed by atoms with van der Waals surface area (Å²) in [6.45, 7) is 12.0. The van der Waals surface area contributed by atoms with E-state index in [0.717, 1.165) is 56.2 Å². The van der Waals surface area contributed by atoms with Crippen molar-refractivity contribution in [1.82, 2.24) is 9.80 Å². The van der Waals surface area contributed by atoms with Crippen molar-refractivity contribution in [2.75, 3.05) is 51.5 Å². The molecule has 3 rings (SSSR count). The van der Waals surface area contributed by atoms with E-state index in [1.807, 2.05) is 31.2 Å². The van der Waals surface area contributed by atoms with Crippen LogP contribution in [-0.4, -0.2) is 79.9 Å². The molecule has 0 radical (unpaired) electrons. The Bertz CT molecular complexity index is 1120. The van der Waals surface area contributed by atoms with Gasteiger partial charge in [0.2, 0.25) is 6.79 Å². The lowest BCUT2D eigenvalue weighted by atomic mass is 10.1. The topological polar surface area (TPSA) is 83.9 Å². The Morgan fingerprint density at radius 2 is 1.46 bits per heavy atom. The average molecular weight is 659 g/mol. The summed E-state index contributed by atoms with van der Waals surface area (Å²) in [4.78, 5) is 38.1. The maximum Gasteiger partial charge on any atom is 0.511 e. The molecule has 2 aliphatic heterocycles. The van der Waals surface area contributed by atoms with Crippen LogP contribution in [0.4, 0.5) is 21.0 Å². The van der Waals surface area contributed by atoms with Gasteiger partial charge in [0.15, 0.2) is 0 Å². The number of rotatable bonds is 15. The van der Waals surface area contributed by atoms with Crippen molar-refractivity contribution in [2.24, 2.45) is 10.9 Å². The fraction of sp³-hybridized carbons (Fsp3) is 0.694. The van der Waals surface area contributed by atoms with Gasteiger partial charge >= 0.3 is 12.2 Å². The molecule has 10 heteroatoms. The van der Waals surface area contributed by atoms with Crippen LogP contribution < -0.4 is 4.90 Å². The predicted molar refractivity (Wildman–Crippen MR) is 190 cm³/mol. The van der Waals surface area contributed by atoms with Crippen molar-refractivity contribution >= 4 is 41.2 Å². The van der Waals surface area contributed by atoms with Crippen LogP contribution in [-0.2, 0) is 14.2 Å². The van der Waals surface area contributed by atoms with Gasteiger partial charge in [-0.05, 0) is 44.4 Å². The minimum Gasteiger partial charge on any atom is -0.434 e. The summed E-state index contributed by atoms with van der Waals surface area (Å²) >= 11 is 1.59. The SMILES string of the molecule is CCCCCCCCCCCCCCOC(=O)OCOC(=O)N1c2ccccc2/N=C(/N2CCN(C)CC2)C(C)/C=C(/C)SC1C. The van der Waals surface area contributed by atoms with Crippen LogP contribution in [0.5, 0.6) is 0 Å². The molecule has 46 heavy (non-hydrogen) atoms. The average Bonchev–Trinajstić information content (AvgIpc) is 3.03. The molecule has 2 atom stereocenters. The van der Waals surface area contributed by atoms with E-state index in [0.29, 0.717) is 18.0 Å². The number of carbonyl (C=O) groups excluding carboxylic acids is 2. The summed E-state index contributed by atoms with van der Waals surface area (Å²) in [5.41, 5.74) is 1.35.